The lowest BCUT2D eigenvalue weighted by Crippen LogP contribution is -2.28. The Morgan fingerprint density at radius 2 is 2.05 bits per heavy atom. The molecule has 0 aliphatic rings. The SMILES string of the molecule is CCN(CCO)c1ncnc(Oc2ccccc2)c1[N+](=O)[O-]. The predicted octanol–water partition coefficient (Wildman–Crippen LogP) is 2.00. The Bertz CT molecular complexity index is 636. The standard InChI is InChI=1S/C14H16N4O4/c1-2-17(8-9-19)13-12(18(20)21)14(16-10-15-13)22-11-6-4-3-5-7-11/h3-7,10,19H,2,8-9H2,1H3. The highest BCUT2D eigenvalue weighted by Gasteiger charge is 2.28. The molecule has 1 N–H and O–H groups in total. The molecular weight excluding hydrogens is 288 g/mol. The number of aromatic nitrogens is 2. The number of likely N-dealkylation sites (N-methyl/N-ethyl adjacent to an activating group) is 1. The second-order valence-corrected chi connectivity index (χ2v) is 4.33. The monoisotopic (exact) mass is 304 g/mol. The Hall–Kier alpha value is -2.74. The molecule has 1 aromatic carbocycles. The van der Waals surface area contributed by atoms with Gasteiger partial charge in [0.05, 0.1) is 11.5 Å². The van der Waals surface area contributed by atoms with Crippen LogP contribution in [0.3, 0.4) is 0 Å². The van der Waals surface area contributed by atoms with E-state index in [-0.39, 0.29) is 30.5 Å². The van der Waals surface area contributed by atoms with E-state index in [1.807, 2.05) is 13.0 Å². The van der Waals surface area contributed by atoms with Gasteiger partial charge in [-0.25, -0.2) is 4.98 Å². The molecule has 0 spiro atoms. The third-order valence-corrected chi connectivity index (χ3v) is 2.96. The molecule has 0 radical (unpaired) electrons. The van der Waals surface area contributed by atoms with Crippen molar-refractivity contribution in [2.24, 2.45) is 0 Å². The first kappa shape index (κ1) is 15.6. The summed E-state index contributed by atoms with van der Waals surface area (Å²) < 4.78 is 5.50. The summed E-state index contributed by atoms with van der Waals surface area (Å²) in [5, 5.41) is 20.5. The van der Waals surface area contributed by atoms with E-state index in [4.69, 9.17) is 9.84 Å². The number of para-hydroxylation sites is 1. The van der Waals surface area contributed by atoms with Gasteiger partial charge in [-0.1, -0.05) is 18.2 Å². The minimum Gasteiger partial charge on any atom is -0.434 e. The maximum atomic E-state index is 11.4. The quantitative estimate of drug-likeness (QED) is 0.616. The van der Waals surface area contributed by atoms with Crippen LogP contribution in [0.5, 0.6) is 11.6 Å². The van der Waals surface area contributed by atoms with Gasteiger partial charge in [0.2, 0.25) is 5.82 Å². The third-order valence-electron chi connectivity index (χ3n) is 2.96. The number of nitrogens with zero attached hydrogens (tertiary/aromatic N) is 4. The van der Waals surface area contributed by atoms with E-state index < -0.39 is 4.92 Å². The van der Waals surface area contributed by atoms with Crippen LogP contribution in [0.25, 0.3) is 0 Å². The number of aliphatic hydroxyl groups is 1. The maximum absolute atomic E-state index is 11.4. The number of aliphatic hydroxyl groups excluding tert-OH is 1. The van der Waals surface area contributed by atoms with Crippen LogP contribution in [0, 0.1) is 10.1 Å². The molecule has 1 aromatic heterocycles. The highest BCUT2D eigenvalue weighted by molar-refractivity contribution is 5.63. The molecule has 0 unspecified atom stereocenters. The summed E-state index contributed by atoms with van der Waals surface area (Å²) in [6.45, 7) is 2.38. The van der Waals surface area contributed by atoms with E-state index in [0.29, 0.717) is 12.3 Å². The van der Waals surface area contributed by atoms with Crippen molar-refractivity contribution in [1.29, 1.82) is 0 Å². The maximum Gasteiger partial charge on any atom is 0.373 e. The fourth-order valence-corrected chi connectivity index (χ4v) is 1.95. The summed E-state index contributed by atoms with van der Waals surface area (Å²) in [5.41, 5.74) is -0.318. The largest absolute Gasteiger partial charge is 0.434 e. The molecule has 0 fully saturated rings. The zero-order chi connectivity index (χ0) is 15.9. The fourth-order valence-electron chi connectivity index (χ4n) is 1.95. The van der Waals surface area contributed by atoms with Gasteiger partial charge in [-0.15, -0.1) is 0 Å². The highest BCUT2D eigenvalue weighted by Crippen LogP contribution is 2.35. The summed E-state index contributed by atoms with van der Waals surface area (Å²) in [6.07, 6.45) is 1.21. The topological polar surface area (TPSA) is 102 Å². The Morgan fingerprint density at radius 3 is 2.64 bits per heavy atom. The Balaban J connectivity index is 2.44. The number of nitro groups is 1. The number of benzene rings is 1. The Kier molecular flexibility index (Phi) is 5.21. The van der Waals surface area contributed by atoms with Gasteiger partial charge < -0.3 is 14.7 Å². The molecule has 116 valence electrons. The van der Waals surface area contributed by atoms with Crippen molar-refractivity contribution in [3.63, 3.8) is 0 Å². The van der Waals surface area contributed by atoms with Crippen molar-refractivity contribution < 1.29 is 14.8 Å². The number of rotatable bonds is 7. The zero-order valence-corrected chi connectivity index (χ0v) is 12.0. The molecule has 0 saturated heterocycles. The molecular formula is C14H16N4O4. The van der Waals surface area contributed by atoms with Gasteiger partial charge in [-0.2, -0.15) is 4.98 Å². The first-order chi connectivity index (χ1) is 10.7. The molecule has 0 atom stereocenters. The van der Waals surface area contributed by atoms with Crippen LogP contribution in [0.1, 0.15) is 6.92 Å². The van der Waals surface area contributed by atoms with Gasteiger partial charge in [0.1, 0.15) is 12.1 Å². The normalized spacial score (nSPS) is 10.3. The van der Waals surface area contributed by atoms with Gasteiger partial charge in [0, 0.05) is 13.1 Å². The van der Waals surface area contributed by atoms with Crippen molar-refractivity contribution in [2.45, 2.75) is 6.92 Å². The van der Waals surface area contributed by atoms with Crippen LogP contribution >= 0.6 is 0 Å². The Labute approximate surface area is 127 Å². The second kappa shape index (κ2) is 7.32. The molecule has 0 aliphatic heterocycles. The van der Waals surface area contributed by atoms with Crippen molar-refractivity contribution in [3.05, 3.63) is 46.8 Å². The summed E-state index contributed by atoms with van der Waals surface area (Å²) in [6, 6.07) is 8.68. The summed E-state index contributed by atoms with van der Waals surface area (Å²) in [4.78, 5) is 20.3. The predicted molar refractivity (Wildman–Crippen MR) is 80.2 cm³/mol. The van der Waals surface area contributed by atoms with Crippen LogP contribution in [0.2, 0.25) is 0 Å². The summed E-state index contributed by atoms with van der Waals surface area (Å²) in [7, 11) is 0. The molecule has 2 rings (SSSR count). The molecule has 0 bridgehead atoms. The van der Waals surface area contributed by atoms with Gasteiger partial charge >= 0.3 is 11.6 Å². The molecule has 0 aliphatic carbocycles. The van der Waals surface area contributed by atoms with Crippen LogP contribution in [0.4, 0.5) is 11.5 Å². The van der Waals surface area contributed by atoms with Crippen LogP contribution in [0.15, 0.2) is 36.7 Å². The summed E-state index contributed by atoms with van der Waals surface area (Å²) >= 11 is 0. The van der Waals surface area contributed by atoms with Crippen molar-refractivity contribution >= 4 is 11.5 Å². The minimum atomic E-state index is -0.576. The number of anilines is 1. The second-order valence-electron chi connectivity index (χ2n) is 4.33. The van der Waals surface area contributed by atoms with Gasteiger partial charge in [-0.05, 0) is 19.1 Å². The Morgan fingerprint density at radius 1 is 1.32 bits per heavy atom. The van der Waals surface area contributed by atoms with Crippen LogP contribution < -0.4 is 9.64 Å². The smallest absolute Gasteiger partial charge is 0.373 e. The van der Waals surface area contributed by atoms with Gasteiger partial charge in [0.25, 0.3) is 0 Å². The molecule has 8 nitrogen and oxygen atoms in total. The highest BCUT2D eigenvalue weighted by atomic mass is 16.6. The summed E-state index contributed by atoms with van der Waals surface area (Å²) in [5.74, 6) is 0.445. The first-order valence-corrected chi connectivity index (χ1v) is 6.75. The van der Waals surface area contributed by atoms with Crippen molar-refractivity contribution in [3.8, 4) is 11.6 Å². The van der Waals surface area contributed by atoms with Crippen molar-refractivity contribution in [2.75, 3.05) is 24.6 Å². The average molecular weight is 304 g/mol. The average Bonchev–Trinajstić information content (AvgIpc) is 2.53. The fraction of sp³-hybridized carbons (Fsp3) is 0.286. The van der Waals surface area contributed by atoms with Gasteiger partial charge in [0.15, 0.2) is 0 Å². The minimum absolute atomic E-state index is 0.127. The van der Waals surface area contributed by atoms with E-state index in [0.717, 1.165) is 0 Å². The lowest BCUT2D eigenvalue weighted by atomic mass is 10.3. The van der Waals surface area contributed by atoms with Gasteiger partial charge in [-0.3, -0.25) is 10.1 Å². The number of ether oxygens (including phenoxy) is 1. The number of hydrogen-bond donors (Lipinski definition) is 1. The van der Waals surface area contributed by atoms with E-state index in [1.165, 1.54) is 6.33 Å². The molecule has 8 heteroatoms. The van der Waals surface area contributed by atoms with E-state index >= 15 is 0 Å². The molecule has 22 heavy (non-hydrogen) atoms. The molecule has 0 amide bonds. The molecule has 2 aromatic rings. The van der Waals surface area contributed by atoms with E-state index in [9.17, 15) is 10.1 Å². The lowest BCUT2D eigenvalue weighted by Gasteiger charge is -2.20. The van der Waals surface area contributed by atoms with Crippen LogP contribution in [-0.2, 0) is 0 Å². The molecule has 0 saturated carbocycles. The van der Waals surface area contributed by atoms with E-state index in [2.05, 4.69) is 9.97 Å². The number of hydrogen-bond acceptors (Lipinski definition) is 7. The van der Waals surface area contributed by atoms with Crippen molar-refractivity contribution in [1.82, 2.24) is 9.97 Å². The van der Waals surface area contributed by atoms with Crippen LogP contribution in [-0.4, -0.2) is 39.7 Å². The zero-order valence-electron chi connectivity index (χ0n) is 12.0. The first-order valence-electron chi connectivity index (χ1n) is 6.75. The lowest BCUT2D eigenvalue weighted by molar-refractivity contribution is -0.385. The van der Waals surface area contributed by atoms with E-state index in [1.54, 1.807) is 29.2 Å². The molecule has 1 heterocycles. The third kappa shape index (κ3) is 3.47.